The van der Waals surface area contributed by atoms with Crippen LogP contribution in [0.1, 0.15) is 13.8 Å². The van der Waals surface area contributed by atoms with Gasteiger partial charge in [-0.05, 0) is 38.1 Å². The first-order valence-electron chi connectivity index (χ1n) is 7.10. The molecule has 2 amide bonds. The van der Waals surface area contributed by atoms with E-state index < -0.39 is 34.9 Å². The van der Waals surface area contributed by atoms with Crippen LogP contribution in [0.5, 0.6) is 0 Å². The molecule has 7 nitrogen and oxygen atoms in total. The van der Waals surface area contributed by atoms with Crippen LogP contribution in [0.2, 0.25) is 0 Å². The molecule has 1 aromatic rings. The quantitative estimate of drug-likeness (QED) is 0.665. The first kappa shape index (κ1) is 19.6. The molecule has 0 aliphatic rings. The summed E-state index contributed by atoms with van der Waals surface area (Å²) in [4.78, 5) is 23.6. The van der Waals surface area contributed by atoms with E-state index in [9.17, 15) is 18.0 Å². The Bertz CT molecular complexity index is 626. The number of nitrogens with zero attached hydrogens (tertiary/aromatic N) is 1. The number of benzene rings is 1. The smallest absolute Gasteiger partial charge is 0.244 e. The predicted molar refractivity (Wildman–Crippen MR) is 90.3 cm³/mol. The summed E-state index contributed by atoms with van der Waals surface area (Å²) in [7, 11) is -3.95. The molecule has 0 atom stereocenters. The molecule has 0 heterocycles. The van der Waals surface area contributed by atoms with Gasteiger partial charge in [-0.15, -0.1) is 0 Å². The molecule has 1 aromatic carbocycles. The minimum atomic E-state index is -3.95. The van der Waals surface area contributed by atoms with Gasteiger partial charge in [0.05, 0.1) is 18.0 Å². The third kappa shape index (κ3) is 5.92. The van der Waals surface area contributed by atoms with Crippen LogP contribution < -0.4 is 10.6 Å². The fourth-order valence-electron chi connectivity index (χ4n) is 1.81. The second kappa shape index (κ2) is 8.99. The third-order valence-electron chi connectivity index (χ3n) is 2.84. The molecule has 0 saturated heterocycles. The highest BCUT2D eigenvalue weighted by atomic mass is 79.9. The minimum Gasteiger partial charge on any atom is -0.355 e. The van der Waals surface area contributed by atoms with E-state index >= 15 is 0 Å². The molecule has 0 fully saturated rings. The zero-order valence-electron chi connectivity index (χ0n) is 13.0. The van der Waals surface area contributed by atoms with Gasteiger partial charge in [0.2, 0.25) is 21.8 Å². The zero-order valence-corrected chi connectivity index (χ0v) is 15.4. The Hall–Kier alpha value is -1.45. The van der Waals surface area contributed by atoms with Crippen molar-refractivity contribution < 1.29 is 18.0 Å². The van der Waals surface area contributed by atoms with Gasteiger partial charge in [-0.25, -0.2) is 8.42 Å². The number of carbonyl (C=O) groups excluding carboxylic acids is 2. The lowest BCUT2D eigenvalue weighted by Gasteiger charge is -2.21. The highest BCUT2D eigenvalue weighted by Crippen LogP contribution is 2.18. The van der Waals surface area contributed by atoms with Crippen LogP contribution in [0, 0.1) is 0 Å². The van der Waals surface area contributed by atoms with Crippen molar-refractivity contribution >= 4 is 37.8 Å². The van der Waals surface area contributed by atoms with Gasteiger partial charge in [0.1, 0.15) is 0 Å². The monoisotopic (exact) mass is 405 g/mol. The van der Waals surface area contributed by atoms with Crippen molar-refractivity contribution in [1.29, 1.82) is 0 Å². The Balaban J connectivity index is 3.07. The van der Waals surface area contributed by atoms with Gasteiger partial charge in [-0.2, -0.15) is 4.31 Å². The van der Waals surface area contributed by atoms with Crippen molar-refractivity contribution in [3.05, 3.63) is 28.7 Å². The second-order valence-corrected chi connectivity index (χ2v) is 7.49. The summed E-state index contributed by atoms with van der Waals surface area (Å²) in [6.07, 6.45) is 0. The molecule has 0 spiro atoms. The Kier molecular flexibility index (Phi) is 7.66. The Morgan fingerprint density at radius 3 is 1.83 bits per heavy atom. The molecule has 0 radical (unpaired) electrons. The molecule has 1 rings (SSSR count). The van der Waals surface area contributed by atoms with Gasteiger partial charge in [-0.1, -0.05) is 15.9 Å². The lowest BCUT2D eigenvalue weighted by atomic mass is 10.4. The molecule has 0 unspecified atom stereocenters. The van der Waals surface area contributed by atoms with E-state index in [1.54, 1.807) is 26.0 Å². The van der Waals surface area contributed by atoms with Crippen molar-refractivity contribution in [3.63, 3.8) is 0 Å². The minimum absolute atomic E-state index is 0.0225. The normalized spacial score (nSPS) is 11.3. The van der Waals surface area contributed by atoms with Crippen molar-refractivity contribution in [1.82, 2.24) is 14.9 Å². The van der Waals surface area contributed by atoms with E-state index in [4.69, 9.17) is 0 Å². The molecule has 23 heavy (non-hydrogen) atoms. The first-order valence-corrected chi connectivity index (χ1v) is 9.33. The molecule has 2 N–H and O–H groups in total. The number of likely N-dealkylation sites (N-methyl/N-ethyl adjacent to an activating group) is 2. The van der Waals surface area contributed by atoms with Gasteiger partial charge in [0, 0.05) is 17.6 Å². The number of sulfonamides is 1. The van der Waals surface area contributed by atoms with E-state index in [0.29, 0.717) is 13.1 Å². The van der Waals surface area contributed by atoms with Crippen molar-refractivity contribution in [2.45, 2.75) is 18.7 Å². The summed E-state index contributed by atoms with van der Waals surface area (Å²) in [5, 5.41) is 5.06. The molecule has 0 aliphatic carbocycles. The zero-order chi connectivity index (χ0) is 17.5. The van der Waals surface area contributed by atoms with E-state index in [1.807, 2.05) is 0 Å². The Morgan fingerprint density at radius 2 is 1.43 bits per heavy atom. The summed E-state index contributed by atoms with van der Waals surface area (Å²) in [6.45, 7) is 3.40. The van der Waals surface area contributed by atoms with Crippen molar-refractivity contribution in [3.8, 4) is 0 Å². The third-order valence-corrected chi connectivity index (χ3v) is 5.17. The van der Waals surface area contributed by atoms with Crippen molar-refractivity contribution in [2.24, 2.45) is 0 Å². The maximum Gasteiger partial charge on any atom is 0.244 e. The van der Waals surface area contributed by atoms with Gasteiger partial charge >= 0.3 is 0 Å². The van der Waals surface area contributed by atoms with Crippen molar-refractivity contribution in [2.75, 3.05) is 26.2 Å². The summed E-state index contributed by atoms with van der Waals surface area (Å²) in [5.41, 5.74) is 0. The summed E-state index contributed by atoms with van der Waals surface area (Å²) in [5.74, 6) is -0.921. The number of hydrogen-bond donors (Lipinski definition) is 2. The molecular formula is C14H20BrN3O4S. The number of rotatable bonds is 8. The molecule has 0 aromatic heterocycles. The maximum atomic E-state index is 12.7. The lowest BCUT2D eigenvalue weighted by molar-refractivity contribution is -0.123. The topological polar surface area (TPSA) is 95.6 Å². The number of carbonyl (C=O) groups is 2. The standard InChI is InChI=1S/C14H20BrN3O4S/c1-3-16-13(19)9-18(10-14(20)17-4-2)23(21,22)12-7-5-11(15)6-8-12/h5-8H,3-4,9-10H2,1-2H3,(H,16,19)(H,17,20). The SMILES string of the molecule is CCNC(=O)CN(CC(=O)NCC)S(=O)(=O)c1ccc(Br)cc1. The van der Waals surface area contributed by atoms with Crippen LogP contribution in [0.25, 0.3) is 0 Å². The fourth-order valence-corrected chi connectivity index (χ4v) is 3.42. The number of halogens is 1. The summed E-state index contributed by atoms with van der Waals surface area (Å²) >= 11 is 3.23. The Labute approximate surface area is 144 Å². The number of nitrogens with one attached hydrogen (secondary N) is 2. The van der Waals surface area contributed by atoms with Crippen LogP contribution in [-0.2, 0) is 19.6 Å². The van der Waals surface area contributed by atoms with E-state index in [1.165, 1.54) is 12.1 Å². The first-order chi connectivity index (χ1) is 10.8. The molecular weight excluding hydrogens is 386 g/mol. The van der Waals surface area contributed by atoms with Gasteiger partial charge in [0.25, 0.3) is 0 Å². The average molecular weight is 406 g/mol. The highest BCUT2D eigenvalue weighted by molar-refractivity contribution is 9.10. The molecule has 9 heteroatoms. The average Bonchev–Trinajstić information content (AvgIpc) is 2.47. The van der Waals surface area contributed by atoms with E-state index in [0.717, 1.165) is 8.78 Å². The predicted octanol–water partition coefficient (Wildman–Crippen LogP) is 0.712. The van der Waals surface area contributed by atoms with E-state index in [-0.39, 0.29) is 4.90 Å². The summed E-state index contributed by atoms with van der Waals surface area (Å²) in [6, 6.07) is 6.01. The number of hydrogen-bond acceptors (Lipinski definition) is 4. The van der Waals surface area contributed by atoms with Crippen LogP contribution in [0.4, 0.5) is 0 Å². The lowest BCUT2D eigenvalue weighted by Crippen LogP contribution is -2.45. The maximum absolute atomic E-state index is 12.7. The highest BCUT2D eigenvalue weighted by Gasteiger charge is 2.28. The van der Waals surface area contributed by atoms with Gasteiger partial charge in [0.15, 0.2) is 0 Å². The molecule has 128 valence electrons. The van der Waals surface area contributed by atoms with Gasteiger partial charge < -0.3 is 10.6 Å². The molecule has 0 saturated carbocycles. The number of amides is 2. The second-order valence-electron chi connectivity index (χ2n) is 4.63. The van der Waals surface area contributed by atoms with E-state index in [2.05, 4.69) is 26.6 Å². The molecule has 0 bridgehead atoms. The van der Waals surface area contributed by atoms with Crippen LogP contribution >= 0.6 is 15.9 Å². The van der Waals surface area contributed by atoms with Crippen LogP contribution in [-0.4, -0.2) is 50.7 Å². The van der Waals surface area contributed by atoms with Crippen LogP contribution in [0.15, 0.2) is 33.6 Å². The fraction of sp³-hybridized carbons (Fsp3) is 0.429. The van der Waals surface area contributed by atoms with Crippen LogP contribution in [0.3, 0.4) is 0 Å². The largest absolute Gasteiger partial charge is 0.355 e. The summed E-state index contributed by atoms with van der Waals surface area (Å²) < 4.78 is 26.9. The Morgan fingerprint density at radius 1 is 1.00 bits per heavy atom. The van der Waals surface area contributed by atoms with Gasteiger partial charge in [-0.3, -0.25) is 9.59 Å². The molecule has 0 aliphatic heterocycles.